The SMILES string of the molecule is [C]1=C/CCCCCCCCCC/1. The van der Waals surface area contributed by atoms with Gasteiger partial charge in [-0.2, -0.15) is 0 Å². The summed E-state index contributed by atoms with van der Waals surface area (Å²) in [6, 6.07) is 0. The Kier molecular flexibility index (Phi) is 6.05. The van der Waals surface area contributed by atoms with Crippen LogP contribution < -0.4 is 0 Å². The molecule has 0 spiro atoms. The summed E-state index contributed by atoms with van der Waals surface area (Å²) in [6.07, 6.45) is 19.5. The van der Waals surface area contributed by atoms with Crippen LogP contribution in [0.15, 0.2) is 6.08 Å². The van der Waals surface area contributed by atoms with E-state index in [0.717, 1.165) is 0 Å². The van der Waals surface area contributed by atoms with Gasteiger partial charge in [0, 0.05) is 0 Å². The molecule has 69 valence electrons. The van der Waals surface area contributed by atoms with Crippen molar-refractivity contribution in [2.45, 2.75) is 64.2 Å². The lowest BCUT2D eigenvalue weighted by molar-refractivity contribution is 0.565. The lowest BCUT2D eigenvalue weighted by Crippen LogP contribution is -1.82. The largest absolute Gasteiger partial charge is 0.0811 e. The van der Waals surface area contributed by atoms with Crippen LogP contribution in [0, 0.1) is 6.08 Å². The molecule has 0 aromatic rings. The van der Waals surface area contributed by atoms with Gasteiger partial charge in [-0.05, 0) is 31.8 Å². The fourth-order valence-electron chi connectivity index (χ4n) is 1.74. The number of hydrogen-bond donors (Lipinski definition) is 0. The minimum absolute atomic E-state index is 1.19. The Bertz CT molecular complexity index is 99.2. The Labute approximate surface area is 77.1 Å². The van der Waals surface area contributed by atoms with Crippen molar-refractivity contribution in [2.75, 3.05) is 0 Å². The van der Waals surface area contributed by atoms with Gasteiger partial charge in [0.25, 0.3) is 0 Å². The maximum absolute atomic E-state index is 3.38. The molecule has 0 saturated heterocycles. The average molecular weight is 165 g/mol. The Balaban J connectivity index is 2.10. The monoisotopic (exact) mass is 165 g/mol. The van der Waals surface area contributed by atoms with Crippen LogP contribution in [0.3, 0.4) is 0 Å². The third-order valence-corrected chi connectivity index (χ3v) is 2.56. The average Bonchev–Trinajstić information content (AvgIpc) is 2.05. The molecule has 0 saturated carbocycles. The van der Waals surface area contributed by atoms with Crippen LogP contribution >= 0.6 is 0 Å². The zero-order valence-electron chi connectivity index (χ0n) is 8.15. The summed E-state index contributed by atoms with van der Waals surface area (Å²) >= 11 is 0. The van der Waals surface area contributed by atoms with Crippen molar-refractivity contribution in [2.24, 2.45) is 0 Å². The van der Waals surface area contributed by atoms with E-state index in [4.69, 9.17) is 0 Å². The van der Waals surface area contributed by atoms with Crippen molar-refractivity contribution in [3.05, 3.63) is 12.2 Å². The van der Waals surface area contributed by atoms with E-state index in [9.17, 15) is 0 Å². The van der Waals surface area contributed by atoms with Crippen LogP contribution in [0.5, 0.6) is 0 Å². The molecule has 0 heterocycles. The minimum atomic E-state index is 1.19. The Morgan fingerprint density at radius 1 is 0.667 bits per heavy atom. The number of hydrogen-bond acceptors (Lipinski definition) is 0. The number of rotatable bonds is 0. The fraction of sp³-hybridized carbons (Fsp3) is 0.833. The summed E-state index contributed by atoms with van der Waals surface area (Å²) < 4.78 is 0. The molecule has 1 aliphatic carbocycles. The maximum atomic E-state index is 3.38. The van der Waals surface area contributed by atoms with E-state index < -0.39 is 0 Å². The molecule has 0 atom stereocenters. The van der Waals surface area contributed by atoms with Crippen molar-refractivity contribution in [3.63, 3.8) is 0 Å². The first kappa shape index (κ1) is 9.83. The van der Waals surface area contributed by atoms with E-state index in [0.29, 0.717) is 0 Å². The van der Waals surface area contributed by atoms with E-state index in [1.165, 1.54) is 64.2 Å². The van der Waals surface area contributed by atoms with Crippen LogP contribution in [-0.2, 0) is 0 Å². The Hall–Kier alpha value is -0.260. The van der Waals surface area contributed by atoms with Crippen LogP contribution in [0.25, 0.3) is 0 Å². The Morgan fingerprint density at radius 2 is 1.25 bits per heavy atom. The molecule has 0 unspecified atom stereocenters. The summed E-state index contributed by atoms with van der Waals surface area (Å²) in [6.45, 7) is 0. The first-order valence-corrected chi connectivity index (χ1v) is 5.55. The van der Waals surface area contributed by atoms with Gasteiger partial charge in [0.15, 0.2) is 0 Å². The highest BCUT2D eigenvalue weighted by molar-refractivity contribution is 4.73. The molecule has 1 radical (unpaired) electrons. The third kappa shape index (κ3) is 5.40. The van der Waals surface area contributed by atoms with Crippen LogP contribution in [0.1, 0.15) is 64.2 Å². The van der Waals surface area contributed by atoms with E-state index in [1.54, 1.807) is 0 Å². The summed E-state index contributed by atoms with van der Waals surface area (Å²) in [7, 11) is 0. The predicted octanol–water partition coefficient (Wildman–Crippen LogP) is 4.26. The van der Waals surface area contributed by atoms with Crippen LogP contribution in [0.4, 0.5) is 0 Å². The van der Waals surface area contributed by atoms with Gasteiger partial charge in [-0.1, -0.05) is 44.6 Å². The molecule has 0 N–H and O–H groups in total. The van der Waals surface area contributed by atoms with Gasteiger partial charge in [-0.25, -0.2) is 0 Å². The summed E-state index contributed by atoms with van der Waals surface area (Å²) in [5, 5.41) is 0. The van der Waals surface area contributed by atoms with Crippen LogP contribution in [-0.4, -0.2) is 0 Å². The molecule has 0 amide bonds. The highest BCUT2D eigenvalue weighted by Gasteiger charge is 1.93. The quantitative estimate of drug-likeness (QED) is 0.503. The third-order valence-electron chi connectivity index (χ3n) is 2.56. The van der Waals surface area contributed by atoms with Gasteiger partial charge in [0.2, 0.25) is 0 Å². The lowest BCUT2D eigenvalue weighted by Gasteiger charge is -2.02. The van der Waals surface area contributed by atoms with Crippen molar-refractivity contribution < 1.29 is 0 Å². The number of allylic oxidation sites excluding steroid dienone is 2. The first-order valence-electron chi connectivity index (χ1n) is 5.55. The smallest absolute Gasteiger partial charge is 0.0279 e. The molecule has 0 fully saturated rings. The first-order chi connectivity index (χ1) is 6.00. The summed E-state index contributed by atoms with van der Waals surface area (Å²) in [5.41, 5.74) is 0. The van der Waals surface area contributed by atoms with Crippen molar-refractivity contribution in [1.29, 1.82) is 0 Å². The van der Waals surface area contributed by atoms with Crippen molar-refractivity contribution in [3.8, 4) is 0 Å². The molecule has 0 bridgehead atoms. The second-order valence-electron chi connectivity index (χ2n) is 3.78. The highest BCUT2D eigenvalue weighted by atomic mass is 14.0. The molecule has 1 rings (SSSR count). The minimum Gasteiger partial charge on any atom is -0.0811 e. The second kappa shape index (κ2) is 7.39. The second-order valence-corrected chi connectivity index (χ2v) is 3.78. The predicted molar refractivity (Wildman–Crippen MR) is 54.0 cm³/mol. The molecular formula is C12H21. The van der Waals surface area contributed by atoms with Gasteiger partial charge in [0.05, 0.1) is 0 Å². The van der Waals surface area contributed by atoms with Gasteiger partial charge >= 0.3 is 0 Å². The zero-order chi connectivity index (χ0) is 8.49. The normalized spacial score (nSPS) is 25.3. The van der Waals surface area contributed by atoms with Gasteiger partial charge < -0.3 is 0 Å². The van der Waals surface area contributed by atoms with Gasteiger partial charge in [-0.15, -0.1) is 0 Å². The van der Waals surface area contributed by atoms with E-state index >= 15 is 0 Å². The van der Waals surface area contributed by atoms with E-state index in [2.05, 4.69) is 12.2 Å². The zero-order valence-corrected chi connectivity index (χ0v) is 8.15. The molecule has 0 heteroatoms. The molecule has 0 nitrogen and oxygen atoms in total. The molecule has 0 aromatic carbocycles. The van der Waals surface area contributed by atoms with Crippen molar-refractivity contribution in [1.82, 2.24) is 0 Å². The standard InChI is InChI=1S/C12H21/c1-2-4-6-8-10-12-11-9-7-5-3-1/h1H,2,4-12H2. The topological polar surface area (TPSA) is 0 Å². The Morgan fingerprint density at radius 3 is 2.00 bits per heavy atom. The van der Waals surface area contributed by atoms with Crippen molar-refractivity contribution >= 4 is 0 Å². The lowest BCUT2D eigenvalue weighted by atomic mass is 10.0. The van der Waals surface area contributed by atoms with Gasteiger partial charge in [-0.3, -0.25) is 0 Å². The van der Waals surface area contributed by atoms with Crippen LogP contribution in [0.2, 0.25) is 0 Å². The van der Waals surface area contributed by atoms with E-state index in [-0.39, 0.29) is 0 Å². The summed E-state index contributed by atoms with van der Waals surface area (Å²) in [5.74, 6) is 0. The molecule has 12 heavy (non-hydrogen) atoms. The molecule has 1 aliphatic rings. The van der Waals surface area contributed by atoms with E-state index in [1.807, 2.05) is 0 Å². The molecule has 0 aromatic heterocycles. The summed E-state index contributed by atoms with van der Waals surface area (Å²) in [4.78, 5) is 0. The molecule has 0 aliphatic heterocycles. The highest BCUT2D eigenvalue weighted by Crippen LogP contribution is 2.12. The molecular weight excluding hydrogens is 144 g/mol. The fourth-order valence-corrected chi connectivity index (χ4v) is 1.74. The van der Waals surface area contributed by atoms with Gasteiger partial charge in [0.1, 0.15) is 0 Å². The maximum Gasteiger partial charge on any atom is -0.0279 e.